The molecule has 0 aromatic heterocycles. The summed E-state index contributed by atoms with van der Waals surface area (Å²) < 4.78 is 5.09. The topological polar surface area (TPSA) is 79.9 Å². The molecule has 2 rings (SSSR count). The highest BCUT2D eigenvalue weighted by molar-refractivity contribution is 5.77. The Balaban J connectivity index is 1.73. The summed E-state index contributed by atoms with van der Waals surface area (Å²) >= 11 is 0. The molecule has 0 saturated carbocycles. The molecule has 0 amide bonds. The minimum atomic E-state index is 0.145. The van der Waals surface area contributed by atoms with E-state index in [-0.39, 0.29) is 5.75 Å². The molecule has 0 atom stereocenters. The molecule has 0 saturated heterocycles. The minimum Gasteiger partial charge on any atom is -0.504 e. The van der Waals surface area contributed by atoms with E-state index >= 15 is 0 Å². The van der Waals surface area contributed by atoms with E-state index in [0.29, 0.717) is 24.8 Å². The fraction of sp³-hybridized carbons (Fsp3) is 0.278. The number of nitrogens with one attached hydrogen (secondary N) is 1. The first kappa shape index (κ1) is 16.7. The van der Waals surface area contributed by atoms with Crippen molar-refractivity contribution < 1.29 is 9.84 Å². The predicted molar refractivity (Wildman–Crippen MR) is 93.0 cm³/mol. The van der Waals surface area contributed by atoms with Gasteiger partial charge in [0.05, 0.1) is 7.11 Å². The molecule has 0 spiro atoms. The molecule has 0 aliphatic heterocycles. The van der Waals surface area contributed by atoms with Crippen LogP contribution < -0.4 is 15.8 Å². The number of aliphatic imine (C=N–C) groups is 1. The number of aromatic hydroxyl groups is 1. The first-order valence-corrected chi connectivity index (χ1v) is 7.62. The number of guanidine groups is 1. The highest BCUT2D eigenvalue weighted by Crippen LogP contribution is 2.26. The van der Waals surface area contributed by atoms with E-state index in [1.807, 2.05) is 30.3 Å². The van der Waals surface area contributed by atoms with E-state index in [1.54, 1.807) is 6.07 Å². The molecule has 0 heterocycles. The van der Waals surface area contributed by atoms with Crippen molar-refractivity contribution in [1.82, 2.24) is 5.32 Å². The lowest BCUT2D eigenvalue weighted by atomic mass is 10.1. The molecular weight excluding hydrogens is 290 g/mol. The third kappa shape index (κ3) is 5.54. The maximum atomic E-state index is 9.56. The highest BCUT2D eigenvalue weighted by Gasteiger charge is 2.02. The number of rotatable bonds is 7. The van der Waals surface area contributed by atoms with E-state index < -0.39 is 0 Å². The summed E-state index contributed by atoms with van der Waals surface area (Å²) in [5.74, 6) is 1.07. The molecule has 0 unspecified atom stereocenters. The Morgan fingerprint density at radius 1 is 1.13 bits per heavy atom. The Kier molecular flexibility index (Phi) is 6.29. The van der Waals surface area contributed by atoms with Crippen LogP contribution in [0.3, 0.4) is 0 Å². The summed E-state index contributed by atoms with van der Waals surface area (Å²) in [4.78, 5) is 4.32. The SMILES string of the molecule is COc1cc(CCNC(N)=NCCc2ccccc2)ccc1O. The van der Waals surface area contributed by atoms with Crippen LogP contribution in [0, 0.1) is 0 Å². The third-order valence-corrected chi connectivity index (χ3v) is 3.49. The van der Waals surface area contributed by atoms with Gasteiger partial charge in [-0.05, 0) is 36.1 Å². The highest BCUT2D eigenvalue weighted by atomic mass is 16.5. The van der Waals surface area contributed by atoms with Gasteiger partial charge < -0.3 is 20.9 Å². The van der Waals surface area contributed by atoms with Crippen molar-refractivity contribution in [3.05, 3.63) is 59.7 Å². The summed E-state index contributed by atoms with van der Waals surface area (Å²) in [6.07, 6.45) is 1.64. The zero-order valence-corrected chi connectivity index (χ0v) is 13.3. The molecule has 122 valence electrons. The molecule has 4 N–H and O–H groups in total. The zero-order valence-electron chi connectivity index (χ0n) is 13.3. The number of hydrogen-bond acceptors (Lipinski definition) is 3. The van der Waals surface area contributed by atoms with Crippen LogP contribution in [0.4, 0.5) is 0 Å². The summed E-state index contributed by atoms with van der Waals surface area (Å²) in [5.41, 5.74) is 8.17. The quantitative estimate of drug-likeness (QED) is 0.540. The number of benzene rings is 2. The van der Waals surface area contributed by atoms with Crippen LogP contribution in [0.25, 0.3) is 0 Å². The molecule has 0 fully saturated rings. The van der Waals surface area contributed by atoms with Gasteiger partial charge in [0.2, 0.25) is 0 Å². The van der Waals surface area contributed by atoms with Crippen molar-refractivity contribution >= 4 is 5.96 Å². The van der Waals surface area contributed by atoms with Crippen molar-refractivity contribution in [1.29, 1.82) is 0 Å². The Labute approximate surface area is 136 Å². The monoisotopic (exact) mass is 313 g/mol. The second kappa shape index (κ2) is 8.68. The molecule has 2 aromatic carbocycles. The van der Waals surface area contributed by atoms with Crippen molar-refractivity contribution in [2.24, 2.45) is 10.7 Å². The van der Waals surface area contributed by atoms with E-state index in [2.05, 4.69) is 22.4 Å². The van der Waals surface area contributed by atoms with Crippen LogP contribution in [-0.2, 0) is 12.8 Å². The maximum absolute atomic E-state index is 9.56. The molecule has 5 nitrogen and oxygen atoms in total. The van der Waals surface area contributed by atoms with Gasteiger partial charge in [0, 0.05) is 13.1 Å². The van der Waals surface area contributed by atoms with E-state index in [4.69, 9.17) is 10.5 Å². The number of methoxy groups -OCH3 is 1. The average Bonchev–Trinajstić information content (AvgIpc) is 2.57. The van der Waals surface area contributed by atoms with Crippen molar-refractivity contribution in [3.8, 4) is 11.5 Å². The van der Waals surface area contributed by atoms with Gasteiger partial charge in [0.15, 0.2) is 17.5 Å². The van der Waals surface area contributed by atoms with Crippen molar-refractivity contribution in [2.45, 2.75) is 12.8 Å². The molecule has 2 aromatic rings. The Morgan fingerprint density at radius 2 is 1.91 bits per heavy atom. The Bertz CT molecular complexity index is 642. The number of hydrogen-bond donors (Lipinski definition) is 3. The third-order valence-electron chi connectivity index (χ3n) is 3.49. The summed E-state index contributed by atoms with van der Waals surface area (Å²) in [6.45, 7) is 1.34. The van der Waals surface area contributed by atoms with E-state index in [0.717, 1.165) is 18.4 Å². The summed E-state index contributed by atoms with van der Waals surface area (Å²) in [6, 6.07) is 15.5. The zero-order chi connectivity index (χ0) is 16.5. The van der Waals surface area contributed by atoms with Gasteiger partial charge in [-0.2, -0.15) is 0 Å². The van der Waals surface area contributed by atoms with Gasteiger partial charge >= 0.3 is 0 Å². The van der Waals surface area contributed by atoms with Crippen molar-refractivity contribution in [3.63, 3.8) is 0 Å². The smallest absolute Gasteiger partial charge is 0.188 e. The normalized spacial score (nSPS) is 11.3. The lowest BCUT2D eigenvalue weighted by Gasteiger charge is -2.08. The predicted octanol–water partition coefficient (Wildman–Crippen LogP) is 2.09. The molecular formula is C18H23N3O2. The summed E-state index contributed by atoms with van der Waals surface area (Å²) in [5, 5.41) is 12.7. The Morgan fingerprint density at radius 3 is 2.65 bits per heavy atom. The van der Waals surface area contributed by atoms with Gasteiger partial charge in [-0.25, -0.2) is 0 Å². The summed E-state index contributed by atoms with van der Waals surface area (Å²) in [7, 11) is 1.54. The van der Waals surface area contributed by atoms with Gasteiger partial charge in [0.25, 0.3) is 0 Å². The maximum Gasteiger partial charge on any atom is 0.188 e. The van der Waals surface area contributed by atoms with Crippen LogP contribution >= 0.6 is 0 Å². The second-order valence-electron chi connectivity index (χ2n) is 5.19. The van der Waals surface area contributed by atoms with Gasteiger partial charge in [0.1, 0.15) is 0 Å². The number of phenols is 1. The van der Waals surface area contributed by atoms with Crippen molar-refractivity contribution in [2.75, 3.05) is 20.2 Å². The van der Waals surface area contributed by atoms with Gasteiger partial charge in [-0.1, -0.05) is 36.4 Å². The number of nitrogens with zero attached hydrogens (tertiary/aromatic N) is 1. The standard InChI is InChI=1S/C18H23N3O2/c1-23-17-13-15(7-8-16(17)22)10-12-21-18(19)20-11-9-14-5-3-2-4-6-14/h2-8,13,22H,9-12H2,1H3,(H3,19,20,21). The fourth-order valence-corrected chi connectivity index (χ4v) is 2.22. The van der Waals surface area contributed by atoms with Gasteiger partial charge in [-0.3, -0.25) is 4.99 Å². The second-order valence-corrected chi connectivity index (χ2v) is 5.19. The number of ether oxygens (including phenoxy) is 1. The van der Waals surface area contributed by atoms with Gasteiger partial charge in [-0.15, -0.1) is 0 Å². The number of nitrogens with two attached hydrogens (primary N) is 1. The molecule has 0 aliphatic rings. The fourth-order valence-electron chi connectivity index (χ4n) is 2.22. The molecule has 0 radical (unpaired) electrons. The largest absolute Gasteiger partial charge is 0.504 e. The molecule has 0 aliphatic carbocycles. The lowest BCUT2D eigenvalue weighted by molar-refractivity contribution is 0.373. The first-order valence-electron chi connectivity index (χ1n) is 7.62. The molecule has 5 heteroatoms. The van der Waals surface area contributed by atoms with Crippen LogP contribution in [0.1, 0.15) is 11.1 Å². The van der Waals surface area contributed by atoms with Crippen LogP contribution in [0.2, 0.25) is 0 Å². The molecule has 23 heavy (non-hydrogen) atoms. The van der Waals surface area contributed by atoms with Crippen LogP contribution in [0.15, 0.2) is 53.5 Å². The number of phenolic OH excluding ortho intramolecular Hbond substituents is 1. The molecule has 0 bridgehead atoms. The average molecular weight is 313 g/mol. The lowest BCUT2D eigenvalue weighted by Crippen LogP contribution is -2.33. The van der Waals surface area contributed by atoms with Crippen LogP contribution in [0.5, 0.6) is 11.5 Å². The van der Waals surface area contributed by atoms with Crippen LogP contribution in [-0.4, -0.2) is 31.3 Å². The Hall–Kier alpha value is -2.69. The minimum absolute atomic E-state index is 0.145. The van der Waals surface area contributed by atoms with E-state index in [9.17, 15) is 5.11 Å². The first-order chi connectivity index (χ1) is 11.2. The van der Waals surface area contributed by atoms with E-state index in [1.165, 1.54) is 12.7 Å².